The van der Waals surface area contributed by atoms with Gasteiger partial charge < -0.3 is 17.1 Å². The van der Waals surface area contributed by atoms with Crippen LogP contribution >= 0.6 is 11.3 Å². The Morgan fingerprint density at radius 2 is 1.73 bits per heavy atom. The molecule has 1 aliphatic carbocycles. The van der Waals surface area contributed by atoms with Gasteiger partial charge in [0, 0.05) is 15.8 Å². The Balaban J connectivity index is 0.00000218. The highest BCUT2D eigenvalue weighted by atomic mass is 35.5. The summed E-state index contributed by atoms with van der Waals surface area (Å²) in [4.78, 5) is 7.90. The first-order chi connectivity index (χ1) is 14.2. The monoisotopic (exact) mass is 434 g/mol. The van der Waals surface area contributed by atoms with Crippen LogP contribution in [0, 0.1) is 12.8 Å². The maximum absolute atomic E-state index is 5.39. The number of halogens is 1. The number of nitrogens with zero attached hydrogens (tertiary/aromatic N) is 1. The van der Waals surface area contributed by atoms with Crippen LogP contribution in [0.2, 0.25) is 0 Å². The first kappa shape index (κ1) is 20.9. The average Bonchev–Trinajstić information content (AvgIpc) is 3.11. The standard InChI is InChI=1S/C26H25NOS.ClH/c1-16-9-14-21-22(15-16)29-26-24(21)23(18-10-12-20(28-3)13-11-18)17(2)25(27-26)19-7-5-4-6-8-19;/h4-8,10-13,16H,9,14-15H2,1-3H3;1H/p-1. The number of methoxy groups -OCH3 is 1. The lowest BCUT2D eigenvalue weighted by Crippen LogP contribution is -3.00. The van der Waals surface area contributed by atoms with Gasteiger partial charge in [0.05, 0.1) is 12.8 Å². The molecule has 1 aliphatic rings. The molecule has 0 spiro atoms. The molecule has 1 unspecified atom stereocenters. The van der Waals surface area contributed by atoms with Gasteiger partial charge in [-0.25, -0.2) is 4.98 Å². The summed E-state index contributed by atoms with van der Waals surface area (Å²) in [6.07, 6.45) is 3.60. The summed E-state index contributed by atoms with van der Waals surface area (Å²) in [7, 11) is 1.72. The molecule has 2 heterocycles. The van der Waals surface area contributed by atoms with E-state index >= 15 is 0 Å². The van der Waals surface area contributed by atoms with E-state index in [0.717, 1.165) is 23.8 Å². The molecular weight excluding hydrogens is 410 g/mol. The average molecular weight is 435 g/mol. The topological polar surface area (TPSA) is 22.1 Å². The molecule has 0 saturated carbocycles. The van der Waals surface area contributed by atoms with Crippen molar-refractivity contribution in [3.05, 3.63) is 70.6 Å². The quantitative estimate of drug-likeness (QED) is 0.484. The number of rotatable bonds is 3. The van der Waals surface area contributed by atoms with Crippen LogP contribution in [0.15, 0.2) is 54.6 Å². The number of aromatic nitrogens is 1. The van der Waals surface area contributed by atoms with Crippen LogP contribution in [0.4, 0.5) is 0 Å². The van der Waals surface area contributed by atoms with Crippen LogP contribution in [-0.4, -0.2) is 12.1 Å². The molecule has 0 N–H and O–H groups in total. The maximum atomic E-state index is 5.39. The number of aryl methyl sites for hydroxylation is 1. The van der Waals surface area contributed by atoms with Gasteiger partial charge in [-0.2, -0.15) is 0 Å². The Labute approximate surface area is 188 Å². The van der Waals surface area contributed by atoms with Crippen LogP contribution in [0.25, 0.3) is 32.6 Å². The molecular formula is C26H25ClNOS-. The highest BCUT2D eigenvalue weighted by Crippen LogP contribution is 2.45. The molecule has 0 radical (unpaired) electrons. The molecule has 2 aromatic carbocycles. The highest BCUT2D eigenvalue weighted by Gasteiger charge is 2.25. The molecule has 0 amide bonds. The Hall–Kier alpha value is -2.36. The number of thiophene rings is 1. The zero-order chi connectivity index (χ0) is 20.0. The van der Waals surface area contributed by atoms with Gasteiger partial charge in [-0.3, -0.25) is 0 Å². The number of hydrogen-bond donors (Lipinski definition) is 0. The molecule has 154 valence electrons. The van der Waals surface area contributed by atoms with Gasteiger partial charge in [-0.05, 0) is 66.5 Å². The lowest BCUT2D eigenvalue weighted by Gasteiger charge is -2.19. The largest absolute Gasteiger partial charge is 1.00 e. The van der Waals surface area contributed by atoms with Crippen molar-refractivity contribution in [2.45, 2.75) is 33.1 Å². The fraction of sp³-hybridized carbons (Fsp3) is 0.269. The molecule has 2 nitrogen and oxygen atoms in total. The fourth-order valence-corrected chi connectivity index (χ4v) is 5.95. The molecule has 4 heteroatoms. The van der Waals surface area contributed by atoms with Crippen molar-refractivity contribution in [3.63, 3.8) is 0 Å². The van der Waals surface area contributed by atoms with Crippen LogP contribution in [0.5, 0.6) is 5.75 Å². The summed E-state index contributed by atoms with van der Waals surface area (Å²) in [6.45, 7) is 4.59. The summed E-state index contributed by atoms with van der Waals surface area (Å²) >= 11 is 1.90. The molecule has 0 fully saturated rings. The number of pyridine rings is 1. The Kier molecular flexibility index (Phi) is 5.86. The molecule has 1 atom stereocenters. The Bertz CT molecular complexity index is 1180. The molecule has 0 bridgehead atoms. The van der Waals surface area contributed by atoms with Gasteiger partial charge in [-0.15, -0.1) is 11.3 Å². The summed E-state index contributed by atoms with van der Waals surface area (Å²) < 4.78 is 5.39. The van der Waals surface area contributed by atoms with Crippen LogP contribution in [-0.2, 0) is 12.8 Å². The van der Waals surface area contributed by atoms with Crippen molar-refractivity contribution in [2.75, 3.05) is 7.11 Å². The van der Waals surface area contributed by atoms with Gasteiger partial charge in [0.1, 0.15) is 10.6 Å². The second-order valence-corrected chi connectivity index (χ2v) is 9.17. The van der Waals surface area contributed by atoms with E-state index in [1.165, 1.54) is 55.8 Å². The SMILES string of the molecule is COc1ccc(-c2c(C)c(-c3ccccc3)nc3sc4c(c23)CCC(C)C4)cc1.[Cl-]. The summed E-state index contributed by atoms with van der Waals surface area (Å²) in [6, 6.07) is 19.1. The molecule has 30 heavy (non-hydrogen) atoms. The lowest BCUT2D eigenvalue weighted by atomic mass is 9.86. The van der Waals surface area contributed by atoms with Gasteiger partial charge in [0.2, 0.25) is 0 Å². The zero-order valence-electron chi connectivity index (χ0n) is 17.5. The normalized spacial score (nSPS) is 15.5. The minimum absolute atomic E-state index is 0. The highest BCUT2D eigenvalue weighted by molar-refractivity contribution is 7.19. The number of hydrogen-bond acceptors (Lipinski definition) is 3. The van der Waals surface area contributed by atoms with Gasteiger partial charge in [-0.1, -0.05) is 49.4 Å². The van der Waals surface area contributed by atoms with Crippen LogP contribution < -0.4 is 17.1 Å². The first-order valence-corrected chi connectivity index (χ1v) is 11.1. The zero-order valence-corrected chi connectivity index (χ0v) is 19.1. The fourth-order valence-electron chi connectivity index (χ4n) is 4.56. The van der Waals surface area contributed by atoms with E-state index in [9.17, 15) is 0 Å². The maximum Gasteiger partial charge on any atom is 0.125 e. The Morgan fingerprint density at radius 1 is 1.00 bits per heavy atom. The van der Waals surface area contributed by atoms with E-state index in [1.807, 2.05) is 11.3 Å². The number of fused-ring (bicyclic) bond motifs is 3. The summed E-state index contributed by atoms with van der Waals surface area (Å²) in [5.41, 5.74) is 7.64. The predicted molar refractivity (Wildman–Crippen MR) is 123 cm³/mol. The molecule has 4 aromatic rings. The van der Waals surface area contributed by atoms with E-state index in [0.29, 0.717) is 0 Å². The van der Waals surface area contributed by atoms with Crippen molar-refractivity contribution in [1.82, 2.24) is 4.98 Å². The molecule has 0 saturated heterocycles. The van der Waals surface area contributed by atoms with Crippen molar-refractivity contribution < 1.29 is 17.1 Å². The smallest absolute Gasteiger partial charge is 0.125 e. The summed E-state index contributed by atoms with van der Waals surface area (Å²) in [5.74, 6) is 1.65. The van der Waals surface area contributed by atoms with E-state index in [2.05, 4.69) is 68.4 Å². The number of benzene rings is 2. The predicted octanol–water partition coefficient (Wildman–Crippen LogP) is 4.08. The molecule has 0 aliphatic heterocycles. The summed E-state index contributed by atoms with van der Waals surface area (Å²) in [5, 5.41) is 1.37. The second-order valence-electron chi connectivity index (χ2n) is 8.09. The van der Waals surface area contributed by atoms with Crippen molar-refractivity contribution >= 4 is 21.6 Å². The van der Waals surface area contributed by atoms with E-state index in [4.69, 9.17) is 9.72 Å². The minimum atomic E-state index is 0. The Morgan fingerprint density at radius 3 is 2.43 bits per heavy atom. The van der Waals surface area contributed by atoms with Gasteiger partial charge in [0.25, 0.3) is 0 Å². The van der Waals surface area contributed by atoms with Crippen molar-refractivity contribution in [2.24, 2.45) is 5.92 Å². The first-order valence-electron chi connectivity index (χ1n) is 10.3. The second kappa shape index (κ2) is 8.41. The molecule has 2 aromatic heterocycles. The number of ether oxygens (including phenoxy) is 1. The van der Waals surface area contributed by atoms with Crippen molar-refractivity contribution in [1.29, 1.82) is 0 Å². The van der Waals surface area contributed by atoms with E-state index in [1.54, 1.807) is 7.11 Å². The van der Waals surface area contributed by atoms with Crippen LogP contribution in [0.1, 0.15) is 29.3 Å². The lowest BCUT2D eigenvalue weighted by molar-refractivity contribution is -0.00000612. The third-order valence-corrected chi connectivity index (χ3v) is 7.26. The van der Waals surface area contributed by atoms with Gasteiger partial charge in [0.15, 0.2) is 0 Å². The van der Waals surface area contributed by atoms with Gasteiger partial charge >= 0.3 is 0 Å². The van der Waals surface area contributed by atoms with E-state index < -0.39 is 0 Å². The minimum Gasteiger partial charge on any atom is -1.00 e. The molecule has 5 rings (SSSR count). The van der Waals surface area contributed by atoms with Crippen molar-refractivity contribution in [3.8, 4) is 28.1 Å². The third kappa shape index (κ3) is 3.51. The van der Waals surface area contributed by atoms with Crippen LogP contribution in [0.3, 0.4) is 0 Å². The van der Waals surface area contributed by atoms with E-state index in [-0.39, 0.29) is 12.4 Å². The third-order valence-electron chi connectivity index (χ3n) is 6.11.